The van der Waals surface area contributed by atoms with Crippen molar-refractivity contribution in [2.45, 2.75) is 0 Å². The smallest absolute Gasteiger partial charge is 0.382 e. The van der Waals surface area contributed by atoms with E-state index < -0.39 is 11.9 Å². The molecule has 6 nitrogen and oxygen atoms in total. The van der Waals surface area contributed by atoms with E-state index in [1.165, 1.54) is 24.4 Å². The van der Waals surface area contributed by atoms with E-state index in [2.05, 4.69) is 16.4 Å². The van der Waals surface area contributed by atoms with Gasteiger partial charge in [-0.1, -0.05) is 29.7 Å². The first-order valence-electron chi connectivity index (χ1n) is 6.62. The number of amides is 1. The Kier molecular flexibility index (Phi) is 5.55. The van der Waals surface area contributed by atoms with Gasteiger partial charge in [0.05, 0.1) is 11.2 Å². The highest BCUT2D eigenvalue weighted by Crippen LogP contribution is 2.23. The Morgan fingerprint density at radius 3 is 2.50 bits per heavy atom. The van der Waals surface area contributed by atoms with Crippen molar-refractivity contribution in [3.8, 4) is 17.6 Å². The molecule has 0 fully saturated rings. The zero-order valence-corrected chi connectivity index (χ0v) is 12.9. The number of aliphatic carboxylic acids is 1. The van der Waals surface area contributed by atoms with Crippen LogP contribution in [-0.4, -0.2) is 28.3 Å². The monoisotopic (exact) mass is 342 g/mol. The Hall–Kier alpha value is -3.30. The Labute approximate surface area is 142 Å². The average Bonchev–Trinajstić information content (AvgIpc) is 2.56. The fraction of sp³-hybridized carbons (Fsp3) is 0. The van der Waals surface area contributed by atoms with Crippen LogP contribution in [0.1, 0.15) is 21.5 Å². The molecule has 0 aliphatic heterocycles. The number of carbonyl (C=O) groups excluding carboxylic acids is 1. The first-order chi connectivity index (χ1) is 11.5. The molecular formula is C17H11ClN2O4. The predicted molar refractivity (Wildman–Crippen MR) is 89.1 cm³/mol. The molecule has 0 saturated heterocycles. The van der Waals surface area contributed by atoms with E-state index in [1.807, 2.05) is 5.92 Å². The number of hydrogen-bond donors (Lipinski definition) is 3. The molecule has 2 aromatic carbocycles. The molecule has 1 amide bonds. The fourth-order valence-electron chi connectivity index (χ4n) is 1.66. The van der Waals surface area contributed by atoms with Crippen LogP contribution in [0.3, 0.4) is 0 Å². The third-order valence-electron chi connectivity index (χ3n) is 2.81. The topological polar surface area (TPSA) is 99.0 Å². The van der Waals surface area contributed by atoms with Crippen LogP contribution in [0.15, 0.2) is 47.6 Å². The molecule has 120 valence electrons. The first kappa shape index (κ1) is 17.1. The lowest BCUT2D eigenvalue weighted by Crippen LogP contribution is -2.17. The number of hydrogen-bond acceptors (Lipinski definition) is 4. The quantitative estimate of drug-likeness (QED) is 0.452. The lowest BCUT2D eigenvalue weighted by Gasteiger charge is -2.02. The van der Waals surface area contributed by atoms with Crippen LogP contribution in [0.5, 0.6) is 5.75 Å². The standard InChI is InChI=1S/C17H11ClN2O4/c18-14-9-13(6-7-15(14)21)17(24)20-19-10-12-3-1-11(2-4-12)5-8-16(22)23/h1-4,6-7,9-10,21H,(H,20,24)(H,22,23). The number of phenolic OH excluding ortho intramolecular Hbond substituents is 1. The normalized spacial score (nSPS) is 10.0. The summed E-state index contributed by atoms with van der Waals surface area (Å²) in [5.74, 6) is 2.71. The number of carbonyl (C=O) groups is 2. The predicted octanol–water partition coefficient (Wildman–Crippen LogP) is 2.25. The number of halogens is 1. The minimum atomic E-state index is -1.20. The number of aromatic hydroxyl groups is 1. The van der Waals surface area contributed by atoms with E-state index in [1.54, 1.807) is 24.3 Å². The number of carboxylic acid groups (broad SMARTS) is 1. The van der Waals surface area contributed by atoms with Gasteiger partial charge in [-0.2, -0.15) is 5.10 Å². The zero-order chi connectivity index (χ0) is 17.5. The average molecular weight is 343 g/mol. The number of nitrogens with one attached hydrogen (secondary N) is 1. The summed E-state index contributed by atoms with van der Waals surface area (Å²) in [7, 11) is 0. The summed E-state index contributed by atoms with van der Waals surface area (Å²) in [4.78, 5) is 22.2. The van der Waals surface area contributed by atoms with Gasteiger partial charge in [0.15, 0.2) is 0 Å². The van der Waals surface area contributed by atoms with Crippen LogP contribution in [0, 0.1) is 11.8 Å². The van der Waals surface area contributed by atoms with Gasteiger partial charge in [0.25, 0.3) is 5.91 Å². The summed E-state index contributed by atoms with van der Waals surface area (Å²) in [6, 6.07) is 10.7. The summed E-state index contributed by atoms with van der Waals surface area (Å²) in [6.45, 7) is 0. The number of carboxylic acids is 1. The lowest BCUT2D eigenvalue weighted by molar-refractivity contribution is -0.130. The molecule has 2 aromatic rings. The molecule has 0 aliphatic rings. The molecule has 0 unspecified atom stereocenters. The highest BCUT2D eigenvalue weighted by molar-refractivity contribution is 6.32. The van der Waals surface area contributed by atoms with Gasteiger partial charge in [0.1, 0.15) is 5.75 Å². The molecule has 0 spiro atoms. The Morgan fingerprint density at radius 1 is 1.17 bits per heavy atom. The summed E-state index contributed by atoms with van der Waals surface area (Å²) in [5.41, 5.74) is 3.84. The van der Waals surface area contributed by atoms with Crippen molar-refractivity contribution >= 4 is 29.7 Å². The van der Waals surface area contributed by atoms with Gasteiger partial charge >= 0.3 is 5.97 Å². The van der Waals surface area contributed by atoms with E-state index in [9.17, 15) is 14.7 Å². The maximum absolute atomic E-state index is 11.9. The van der Waals surface area contributed by atoms with Crippen LogP contribution in [-0.2, 0) is 4.79 Å². The number of phenols is 1. The Balaban J connectivity index is 1.98. The third-order valence-corrected chi connectivity index (χ3v) is 3.12. The van der Waals surface area contributed by atoms with Crippen molar-refractivity contribution in [1.29, 1.82) is 0 Å². The van der Waals surface area contributed by atoms with Crippen LogP contribution in [0.4, 0.5) is 0 Å². The highest BCUT2D eigenvalue weighted by atomic mass is 35.5. The van der Waals surface area contributed by atoms with Crippen LogP contribution in [0.2, 0.25) is 5.02 Å². The van der Waals surface area contributed by atoms with Crippen molar-refractivity contribution < 1.29 is 19.8 Å². The minimum absolute atomic E-state index is 0.0738. The molecule has 3 N–H and O–H groups in total. The van der Waals surface area contributed by atoms with E-state index >= 15 is 0 Å². The van der Waals surface area contributed by atoms with Crippen molar-refractivity contribution in [3.05, 3.63) is 64.2 Å². The molecular weight excluding hydrogens is 332 g/mol. The summed E-state index contributed by atoms with van der Waals surface area (Å²) >= 11 is 5.73. The van der Waals surface area contributed by atoms with Gasteiger partial charge in [0, 0.05) is 17.0 Å². The van der Waals surface area contributed by atoms with Crippen molar-refractivity contribution in [2.75, 3.05) is 0 Å². The van der Waals surface area contributed by atoms with Crippen molar-refractivity contribution in [1.82, 2.24) is 5.43 Å². The van der Waals surface area contributed by atoms with Gasteiger partial charge in [0.2, 0.25) is 0 Å². The second kappa shape index (κ2) is 7.81. The van der Waals surface area contributed by atoms with Gasteiger partial charge in [-0.3, -0.25) is 4.79 Å². The molecule has 0 radical (unpaired) electrons. The third kappa shape index (κ3) is 4.87. The molecule has 2 rings (SSSR count). The molecule has 0 aromatic heterocycles. The van der Waals surface area contributed by atoms with Crippen LogP contribution < -0.4 is 5.43 Å². The zero-order valence-electron chi connectivity index (χ0n) is 12.2. The van der Waals surface area contributed by atoms with E-state index in [-0.39, 0.29) is 16.3 Å². The molecule has 0 bridgehead atoms. The van der Waals surface area contributed by atoms with Gasteiger partial charge in [-0.15, -0.1) is 0 Å². The summed E-state index contributed by atoms with van der Waals surface area (Å²) in [6.07, 6.45) is 1.42. The van der Waals surface area contributed by atoms with Crippen LogP contribution in [0.25, 0.3) is 0 Å². The molecule has 0 saturated carbocycles. The maximum atomic E-state index is 11.9. The first-order valence-corrected chi connectivity index (χ1v) is 7.00. The lowest BCUT2D eigenvalue weighted by atomic mass is 10.1. The number of benzene rings is 2. The van der Waals surface area contributed by atoms with Crippen LogP contribution >= 0.6 is 11.6 Å². The Bertz CT molecular complexity index is 864. The fourth-order valence-corrected chi connectivity index (χ4v) is 1.84. The molecule has 0 heterocycles. The summed E-state index contributed by atoms with van der Waals surface area (Å²) in [5, 5.41) is 21.7. The largest absolute Gasteiger partial charge is 0.506 e. The second-order valence-corrected chi connectivity index (χ2v) is 4.95. The van der Waals surface area contributed by atoms with Gasteiger partial charge in [-0.05, 0) is 35.9 Å². The molecule has 0 aliphatic carbocycles. The second-order valence-electron chi connectivity index (χ2n) is 4.54. The number of nitrogens with zero attached hydrogens (tertiary/aromatic N) is 1. The Morgan fingerprint density at radius 2 is 1.88 bits per heavy atom. The van der Waals surface area contributed by atoms with E-state index in [0.717, 1.165) is 0 Å². The summed E-state index contributed by atoms with van der Waals surface area (Å²) < 4.78 is 0. The number of hydrazone groups is 1. The minimum Gasteiger partial charge on any atom is -0.506 e. The van der Waals surface area contributed by atoms with Gasteiger partial charge < -0.3 is 10.2 Å². The SMILES string of the molecule is O=C(O)C#Cc1ccc(C=NNC(=O)c2ccc(O)c(Cl)c2)cc1. The van der Waals surface area contributed by atoms with Crippen molar-refractivity contribution in [3.63, 3.8) is 0 Å². The molecule has 24 heavy (non-hydrogen) atoms. The molecule has 7 heteroatoms. The molecule has 0 atom stereocenters. The van der Waals surface area contributed by atoms with Gasteiger partial charge in [-0.25, -0.2) is 10.2 Å². The van der Waals surface area contributed by atoms with E-state index in [0.29, 0.717) is 11.1 Å². The van der Waals surface area contributed by atoms with Crippen molar-refractivity contribution in [2.24, 2.45) is 5.10 Å². The highest BCUT2D eigenvalue weighted by Gasteiger charge is 2.07. The number of rotatable bonds is 3. The van der Waals surface area contributed by atoms with E-state index in [4.69, 9.17) is 16.7 Å². The maximum Gasteiger partial charge on any atom is 0.382 e.